The highest BCUT2D eigenvalue weighted by molar-refractivity contribution is 6.35. The monoisotopic (exact) mass is 465 g/mol. The van der Waals surface area contributed by atoms with Crippen molar-refractivity contribution in [3.05, 3.63) is 58.0 Å². The van der Waals surface area contributed by atoms with Gasteiger partial charge in [0, 0.05) is 30.2 Å². The van der Waals surface area contributed by atoms with E-state index < -0.39 is 6.10 Å². The number of nitriles is 1. The van der Waals surface area contributed by atoms with Crippen LogP contribution in [0.15, 0.2) is 36.7 Å². The minimum atomic E-state index is -0.444. The SMILES string of the molecule is C[C@@H](Oc1ccc2[nH]nc(-c3cnc(N4CCC4)c(C#N)c3)c2c1)c1c(Cl)cnnc1Cl. The molecular weight excluding hydrogens is 449 g/mol. The number of fused-ring (bicyclic) bond motifs is 1. The molecule has 8 nitrogen and oxygen atoms in total. The minimum Gasteiger partial charge on any atom is -0.486 e. The summed E-state index contributed by atoms with van der Waals surface area (Å²) in [6.45, 7) is 3.69. The number of aromatic nitrogens is 5. The summed E-state index contributed by atoms with van der Waals surface area (Å²) in [6, 6.07) is 9.69. The molecule has 4 heterocycles. The van der Waals surface area contributed by atoms with Gasteiger partial charge in [0.1, 0.15) is 29.4 Å². The third kappa shape index (κ3) is 3.60. The summed E-state index contributed by atoms with van der Waals surface area (Å²) < 4.78 is 6.10. The number of rotatable bonds is 5. The highest BCUT2D eigenvalue weighted by atomic mass is 35.5. The zero-order valence-corrected chi connectivity index (χ0v) is 18.5. The molecule has 5 rings (SSSR count). The highest BCUT2D eigenvalue weighted by Gasteiger charge is 2.21. The Bertz CT molecular complexity index is 1340. The fraction of sp³-hybridized carbons (Fsp3) is 0.227. The van der Waals surface area contributed by atoms with E-state index in [9.17, 15) is 5.26 Å². The first-order chi connectivity index (χ1) is 15.5. The third-order valence-corrected chi connectivity index (χ3v) is 6.05. The van der Waals surface area contributed by atoms with Crippen molar-refractivity contribution in [3.8, 4) is 23.1 Å². The van der Waals surface area contributed by atoms with Gasteiger partial charge in [-0.1, -0.05) is 23.2 Å². The number of nitrogens with one attached hydrogen (secondary N) is 1. The van der Waals surface area contributed by atoms with Gasteiger partial charge in [-0.25, -0.2) is 4.98 Å². The van der Waals surface area contributed by atoms with Crippen LogP contribution in [0.4, 0.5) is 5.82 Å². The molecule has 1 aliphatic heterocycles. The van der Waals surface area contributed by atoms with Gasteiger partial charge in [0.25, 0.3) is 0 Å². The second kappa shape index (κ2) is 8.26. The molecule has 0 amide bonds. The van der Waals surface area contributed by atoms with Gasteiger partial charge in [-0.05, 0) is 37.6 Å². The van der Waals surface area contributed by atoms with E-state index in [4.69, 9.17) is 27.9 Å². The van der Waals surface area contributed by atoms with Crippen LogP contribution < -0.4 is 9.64 Å². The molecule has 1 N–H and O–H groups in total. The summed E-state index contributed by atoms with van der Waals surface area (Å²) in [7, 11) is 0. The van der Waals surface area contributed by atoms with Crippen LogP contribution >= 0.6 is 23.2 Å². The Morgan fingerprint density at radius 1 is 1.22 bits per heavy atom. The fourth-order valence-electron chi connectivity index (χ4n) is 3.71. The lowest BCUT2D eigenvalue weighted by Gasteiger charge is -2.32. The van der Waals surface area contributed by atoms with E-state index in [-0.39, 0.29) is 5.15 Å². The average molecular weight is 466 g/mol. The summed E-state index contributed by atoms with van der Waals surface area (Å²) in [5.74, 6) is 1.34. The summed E-state index contributed by atoms with van der Waals surface area (Å²) in [6.07, 6.45) is 3.86. The van der Waals surface area contributed by atoms with Crippen LogP contribution in [0, 0.1) is 11.3 Å². The van der Waals surface area contributed by atoms with Gasteiger partial charge in [-0.15, -0.1) is 5.10 Å². The van der Waals surface area contributed by atoms with Gasteiger partial charge in [0.15, 0.2) is 5.15 Å². The van der Waals surface area contributed by atoms with Crippen molar-refractivity contribution in [3.63, 3.8) is 0 Å². The molecule has 3 aromatic heterocycles. The topological polar surface area (TPSA) is 104 Å². The van der Waals surface area contributed by atoms with Crippen molar-refractivity contribution in [1.29, 1.82) is 5.26 Å². The molecule has 0 spiro atoms. The number of hydrogen-bond donors (Lipinski definition) is 1. The number of pyridine rings is 1. The van der Waals surface area contributed by atoms with Crippen molar-refractivity contribution in [2.24, 2.45) is 0 Å². The van der Waals surface area contributed by atoms with E-state index in [1.54, 1.807) is 6.20 Å². The average Bonchev–Trinajstić information content (AvgIpc) is 3.16. The van der Waals surface area contributed by atoms with Crippen molar-refractivity contribution in [1.82, 2.24) is 25.4 Å². The van der Waals surface area contributed by atoms with E-state index in [0.717, 1.165) is 41.8 Å². The van der Waals surface area contributed by atoms with E-state index >= 15 is 0 Å². The van der Waals surface area contributed by atoms with E-state index in [0.29, 0.717) is 27.6 Å². The molecule has 4 aromatic rings. The van der Waals surface area contributed by atoms with Crippen LogP contribution in [-0.2, 0) is 0 Å². The molecule has 1 aliphatic rings. The zero-order chi connectivity index (χ0) is 22.2. The lowest BCUT2D eigenvalue weighted by Crippen LogP contribution is -2.38. The molecule has 0 radical (unpaired) electrons. The number of H-pyrrole nitrogens is 1. The Balaban J connectivity index is 1.49. The molecule has 0 bridgehead atoms. The molecule has 1 aromatic carbocycles. The zero-order valence-electron chi connectivity index (χ0n) is 17.0. The Morgan fingerprint density at radius 2 is 2.06 bits per heavy atom. The lowest BCUT2D eigenvalue weighted by molar-refractivity contribution is 0.227. The summed E-state index contributed by atoms with van der Waals surface area (Å²) in [5, 5.41) is 26.1. The Morgan fingerprint density at radius 3 is 2.78 bits per heavy atom. The molecule has 0 unspecified atom stereocenters. The Hall–Kier alpha value is -3.41. The maximum absolute atomic E-state index is 9.62. The van der Waals surface area contributed by atoms with Crippen LogP contribution in [0.5, 0.6) is 5.75 Å². The van der Waals surface area contributed by atoms with Crippen molar-refractivity contribution >= 4 is 39.9 Å². The molecule has 1 fully saturated rings. The molecule has 32 heavy (non-hydrogen) atoms. The predicted octanol–water partition coefficient (Wildman–Crippen LogP) is 4.94. The summed E-state index contributed by atoms with van der Waals surface area (Å²) in [4.78, 5) is 6.64. The quantitative estimate of drug-likeness (QED) is 0.444. The highest BCUT2D eigenvalue weighted by Crippen LogP contribution is 2.35. The number of halogens is 2. The van der Waals surface area contributed by atoms with E-state index in [2.05, 4.69) is 36.3 Å². The maximum Gasteiger partial charge on any atom is 0.160 e. The number of aromatic amines is 1. The molecule has 0 aliphatic carbocycles. The van der Waals surface area contributed by atoms with Gasteiger partial charge < -0.3 is 9.64 Å². The molecule has 10 heteroatoms. The van der Waals surface area contributed by atoms with Gasteiger partial charge >= 0.3 is 0 Å². The predicted molar refractivity (Wildman–Crippen MR) is 122 cm³/mol. The summed E-state index contributed by atoms with van der Waals surface area (Å²) >= 11 is 12.4. The number of nitrogens with zero attached hydrogens (tertiary/aromatic N) is 6. The number of anilines is 1. The first kappa shape index (κ1) is 20.5. The first-order valence-corrected chi connectivity index (χ1v) is 10.8. The molecule has 1 atom stereocenters. The second-order valence-corrected chi connectivity index (χ2v) is 8.25. The van der Waals surface area contributed by atoms with Gasteiger partial charge in [0.05, 0.1) is 27.9 Å². The normalized spacial score (nSPS) is 14.1. The first-order valence-electron chi connectivity index (χ1n) is 10.0. The minimum absolute atomic E-state index is 0.201. The Labute approximate surface area is 193 Å². The van der Waals surface area contributed by atoms with Crippen LogP contribution in [-0.4, -0.2) is 38.5 Å². The lowest BCUT2D eigenvalue weighted by atomic mass is 10.1. The van der Waals surface area contributed by atoms with Crippen LogP contribution in [0.2, 0.25) is 10.2 Å². The van der Waals surface area contributed by atoms with Crippen molar-refractivity contribution in [2.45, 2.75) is 19.4 Å². The van der Waals surface area contributed by atoms with Crippen molar-refractivity contribution < 1.29 is 4.74 Å². The smallest absolute Gasteiger partial charge is 0.160 e. The van der Waals surface area contributed by atoms with E-state index in [1.807, 2.05) is 31.2 Å². The van der Waals surface area contributed by atoms with Crippen LogP contribution in [0.3, 0.4) is 0 Å². The van der Waals surface area contributed by atoms with Crippen LogP contribution in [0.1, 0.15) is 30.6 Å². The second-order valence-electron chi connectivity index (χ2n) is 7.48. The maximum atomic E-state index is 9.62. The summed E-state index contributed by atoms with van der Waals surface area (Å²) in [5.41, 5.74) is 3.40. The number of hydrogen-bond acceptors (Lipinski definition) is 7. The van der Waals surface area contributed by atoms with E-state index in [1.165, 1.54) is 6.20 Å². The third-order valence-electron chi connectivity index (χ3n) is 5.47. The molecule has 1 saturated heterocycles. The molecule has 0 saturated carbocycles. The van der Waals surface area contributed by atoms with Crippen molar-refractivity contribution in [2.75, 3.05) is 18.0 Å². The standard InChI is InChI=1S/C22H17Cl2N7O/c1-12(19-17(23)11-27-30-21(19)24)32-15-3-4-18-16(8-15)20(29-28-18)14-7-13(9-25)22(26-10-14)31-5-2-6-31/h3-4,7-8,10-12H,2,5-6H2,1H3,(H,28,29)/t12-/m1/s1. The molecule has 160 valence electrons. The van der Waals surface area contributed by atoms with Gasteiger partial charge in [0.2, 0.25) is 0 Å². The fourth-order valence-corrected chi connectivity index (χ4v) is 4.35. The number of ether oxygens (including phenoxy) is 1. The largest absolute Gasteiger partial charge is 0.486 e. The number of benzene rings is 1. The molecular formula is C22H17Cl2N7O. The van der Waals surface area contributed by atoms with Crippen LogP contribution in [0.25, 0.3) is 22.2 Å². The van der Waals surface area contributed by atoms with Gasteiger partial charge in [-0.3, -0.25) is 5.10 Å². The Kier molecular flexibility index (Phi) is 5.29. The van der Waals surface area contributed by atoms with Gasteiger partial charge in [-0.2, -0.15) is 15.5 Å².